The molecule has 4 rings (SSSR count). The van der Waals surface area contributed by atoms with Crippen LogP contribution < -0.4 is 10.6 Å². The summed E-state index contributed by atoms with van der Waals surface area (Å²) in [5, 5.41) is 10.9. The van der Waals surface area contributed by atoms with Crippen LogP contribution in [0.4, 0.5) is 0 Å². The number of rotatable bonds is 5. The topological polar surface area (TPSA) is 45.2 Å². The third kappa shape index (κ3) is 3.41. The molecule has 4 nitrogen and oxygen atoms in total. The van der Waals surface area contributed by atoms with Crippen molar-refractivity contribution in [2.45, 2.75) is 39.2 Å². The number of hydrogen-bond acceptors (Lipinski definition) is 2. The molecule has 1 unspecified atom stereocenters. The Bertz CT molecular complexity index is 925. The Kier molecular flexibility index (Phi) is 4.83. The smallest absolute Gasteiger partial charge is 0.131 e. The second-order valence-electron chi connectivity index (χ2n) is 7.30. The van der Waals surface area contributed by atoms with Gasteiger partial charge in [0.15, 0.2) is 0 Å². The fourth-order valence-electron chi connectivity index (χ4n) is 3.94. The molecular formula is C22H27N3O. The molecule has 1 aliphatic carbocycles. The highest BCUT2D eigenvalue weighted by Gasteiger charge is 2.18. The van der Waals surface area contributed by atoms with Gasteiger partial charge in [-0.15, -0.1) is 0 Å². The lowest BCUT2D eigenvalue weighted by atomic mass is 10.0. The standard InChI is InChI=1S/C22H27N3O/c1-2-6-17-7-5-8-21-18(13-17)9-12-25(21)15-20-14-19(16-26-20)22(23)24-10-3-4-11-24/h5,7-9,12-14,16-17,23H,2-4,6,10-11,15H2,1H3. The van der Waals surface area contributed by atoms with Gasteiger partial charge in [-0.3, -0.25) is 5.41 Å². The Morgan fingerprint density at radius 1 is 1.31 bits per heavy atom. The highest BCUT2D eigenvalue weighted by molar-refractivity contribution is 5.96. The monoisotopic (exact) mass is 349 g/mol. The fourth-order valence-corrected chi connectivity index (χ4v) is 3.94. The summed E-state index contributed by atoms with van der Waals surface area (Å²) < 4.78 is 8.00. The van der Waals surface area contributed by atoms with E-state index >= 15 is 0 Å². The Morgan fingerprint density at radius 2 is 2.15 bits per heavy atom. The van der Waals surface area contributed by atoms with E-state index in [1.807, 2.05) is 6.07 Å². The van der Waals surface area contributed by atoms with Gasteiger partial charge in [0.05, 0.1) is 12.1 Å². The maximum atomic E-state index is 8.37. The summed E-state index contributed by atoms with van der Waals surface area (Å²) in [7, 11) is 0. The fraction of sp³-hybridized carbons (Fsp3) is 0.409. The minimum Gasteiger partial charge on any atom is -0.467 e. The number of fused-ring (bicyclic) bond motifs is 1. The molecule has 1 saturated heterocycles. The molecule has 1 aliphatic heterocycles. The zero-order valence-corrected chi connectivity index (χ0v) is 15.4. The van der Waals surface area contributed by atoms with Gasteiger partial charge in [0.1, 0.15) is 17.9 Å². The third-order valence-corrected chi connectivity index (χ3v) is 5.34. The van der Waals surface area contributed by atoms with Crippen molar-refractivity contribution in [1.82, 2.24) is 9.47 Å². The van der Waals surface area contributed by atoms with Crippen LogP contribution in [-0.2, 0) is 6.54 Å². The first-order chi connectivity index (χ1) is 12.7. The normalized spacial score (nSPS) is 19.0. The predicted octanol–water partition coefficient (Wildman–Crippen LogP) is 3.10. The molecule has 1 N–H and O–H groups in total. The zero-order valence-electron chi connectivity index (χ0n) is 15.4. The maximum absolute atomic E-state index is 8.37. The summed E-state index contributed by atoms with van der Waals surface area (Å²) in [6.07, 6.45) is 17.6. The van der Waals surface area contributed by atoms with Gasteiger partial charge >= 0.3 is 0 Å². The van der Waals surface area contributed by atoms with E-state index in [1.165, 1.54) is 36.3 Å². The lowest BCUT2D eigenvalue weighted by molar-refractivity contribution is 0.488. The lowest BCUT2D eigenvalue weighted by Crippen LogP contribution is -2.29. The van der Waals surface area contributed by atoms with Crippen molar-refractivity contribution in [3.63, 3.8) is 0 Å². The third-order valence-electron chi connectivity index (χ3n) is 5.34. The molecule has 2 aromatic rings. The van der Waals surface area contributed by atoms with Gasteiger partial charge in [0.2, 0.25) is 0 Å². The summed E-state index contributed by atoms with van der Waals surface area (Å²) in [5.74, 6) is 2.01. The van der Waals surface area contributed by atoms with E-state index in [-0.39, 0.29) is 0 Å². The lowest BCUT2D eigenvalue weighted by Gasteiger charge is -2.16. The quantitative estimate of drug-likeness (QED) is 0.666. The minimum atomic E-state index is 0.518. The largest absolute Gasteiger partial charge is 0.467 e. The Balaban J connectivity index is 1.54. The number of hydrogen-bond donors (Lipinski definition) is 1. The van der Waals surface area contributed by atoms with E-state index in [2.05, 4.69) is 53.0 Å². The summed E-state index contributed by atoms with van der Waals surface area (Å²) in [6.45, 7) is 4.90. The predicted molar refractivity (Wildman–Crippen MR) is 106 cm³/mol. The number of nitrogens with one attached hydrogen (secondary N) is 1. The highest BCUT2D eigenvalue weighted by atomic mass is 16.3. The first-order valence-electron chi connectivity index (χ1n) is 9.71. The molecule has 2 aromatic heterocycles. The average molecular weight is 349 g/mol. The van der Waals surface area contributed by atoms with Crippen molar-refractivity contribution < 1.29 is 4.42 Å². The number of furan rings is 1. The van der Waals surface area contributed by atoms with E-state index in [4.69, 9.17) is 9.83 Å². The zero-order chi connectivity index (χ0) is 17.9. The maximum Gasteiger partial charge on any atom is 0.131 e. The molecule has 0 saturated carbocycles. The first kappa shape index (κ1) is 17.0. The van der Waals surface area contributed by atoms with Crippen molar-refractivity contribution in [3.05, 3.63) is 58.6 Å². The molecule has 4 heteroatoms. The van der Waals surface area contributed by atoms with E-state index in [0.717, 1.165) is 24.4 Å². The van der Waals surface area contributed by atoms with Crippen molar-refractivity contribution in [2.24, 2.45) is 5.92 Å². The molecule has 0 bridgehead atoms. The molecule has 26 heavy (non-hydrogen) atoms. The number of allylic oxidation sites excluding steroid dienone is 2. The van der Waals surface area contributed by atoms with Crippen LogP contribution in [-0.4, -0.2) is 28.4 Å². The van der Waals surface area contributed by atoms with Crippen molar-refractivity contribution >= 4 is 18.0 Å². The number of aromatic nitrogens is 1. The number of likely N-dealkylation sites (tertiary alicyclic amines) is 1. The van der Waals surface area contributed by atoms with Crippen molar-refractivity contribution in [2.75, 3.05) is 13.1 Å². The van der Waals surface area contributed by atoms with E-state index in [9.17, 15) is 0 Å². The van der Waals surface area contributed by atoms with Gasteiger partial charge in [-0.2, -0.15) is 0 Å². The van der Waals surface area contributed by atoms with Crippen LogP contribution in [0, 0.1) is 11.3 Å². The second kappa shape index (κ2) is 7.40. The Hall–Kier alpha value is -2.49. The Labute approximate surface area is 154 Å². The molecular weight excluding hydrogens is 322 g/mol. The molecule has 0 spiro atoms. The van der Waals surface area contributed by atoms with E-state index in [1.54, 1.807) is 6.26 Å². The molecule has 136 valence electrons. The summed E-state index contributed by atoms with van der Waals surface area (Å²) >= 11 is 0. The van der Waals surface area contributed by atoms with Gasteiger partial charge in [-0.05, 0) is 48.6 Å². The molecule has 0 aromatic carbocycles. The van der Waals surface area contributed by atoms with Gasteiger partial charge < -0.3 is 13.9 Å². The molecule has 1 atom stereocenters. The number of amidine groups is 1. The number of nitrogens with zero attached hydrogens (tertiary/aromatic N) is 2. The van der Waals surface area contributed by atoms with Crippen LogP contribution in [0.3, 0.4) is 0 Å². The SMILES string of the molecule is CCCC1C=CC=c2c(ccn2Cc2cc(C(=N)N3CCCC3)co2)=C1. The van der Waals surface area contributed by atoms with Gasteiger partial charge in [-0.1, -0.05) is 31.6 Å². The van der Waals surface area contributed by atoms with Crippen LogP contribution in [0.1, 0.15) is 43.9 Å². The second-order valence-corrected chi connectivity index (χ2v) is 7.30. The van der Waals surface area contributed by atoms with Gasteiger partial charge in [-0.25, -0.2) is 0 Å². The van der Waals surface area contributed by atoms with Crippen LogP contribution in [0.5, 0.6) is 0 Å². The summed E-state index contributed by atoms with van der Waals surface area (Å²) in [4.78, 5) is 2.14. The van der Waals surface area contributed by atoms with Crippen molar-refractivity contribution in [1.29, 1.82) is 5.41 Å². The first-order valence-corrected chi connectivity index (χ1v) is 9.71. The molecule has 0 radical (unpaired) electrons. The molecule has 1 fully saturated rings. The summed E-state index contributed by atoms with van der Waals surface area (Å²) in [6, 6.07) is 4.21. The van der Waals surface area contributed by atoms with Crippen LogP contribution in [0.2, 0.25) is 0 Å². The van der Waals surface area contributed by atoms with Gasteiger partial charge in [0, 0.05) is 24.6 Å². The summed E-state index contributed by atoms with van der Waals surface area (Å²) in [5.41, 5.74) is 0.888. The van der Waals surface area contributed by atoms with Crippen LogP contribution in [0.25, 0.3) is 12.2 Å². The minimum absolute atomic E-state index is 0.518. The van der Waals surface area contributed by atoms with Gasteiger partial charge in [0.25, 0.3) is 0 Å². The van der Waals surface area contributed by atoms with Crippen LogP contribution in [0.15, 0.2) is 41.2 Å². The van der Waals surface area contributed by atoms with Crippen LogP contribution >= 0.6 is 0 Å². The molecule has 0 amide bonds. The Morgan fingerprint density at radius 3 is 2.96 bits per heavy atom. The van der Waals surface area contributed by atoms with Crippen molar-refractivity contribution in [3.8, 4) is 0 Å². The van der Waals surface area contributed by atoms with E-state index in [0.29, 0.717) is 18.3 Å². The average Bonchev–Trinajstić information content (AvgIpc) is 3.36. The molecule has 2 aliphatic rings. The molecule has 3 heterocycles. The van der Waals surface area contributed by atoms with E-state index < -0.39 is 0 Å². The highest BCUT2D eigenvalue weighted by Crippen LogP contribution is 2.16.